The van der Waals surface area contributed by atoms with E-state index in [4.69, 9.17) is 0 Å². The SMILES string of the molecule is Cn1c2[n+](c3sc4ccncc4c31)Cc1ncccc1-2. The highest BCUT2D eigenvalue weighted by Crippen LogP contribution is 2.37. The van der Waals surface area contributed by atoms with E-state index in [1.54, 1.807) is 0 Å². The fraction of sp³-hybridized carbons (Fsp3) is 0.133. The molecule has 5 rings (SSSR count). The number of aromatic nitrogens is 4. The zero-order valence-electron chi connectivity index (χ0n) is 10.9. The van der Waals surface area contributed by atoms with Crippen LogP contribution in [0.25, 0.3) is 31.8 Å². The molecule has 20 heavy (non-hydrogen) atoms. The minimum Gasteiger partial charge on any atom is -0.264 e. The molecule has 4 nitrogen and oxygen atoms in total. The highest BCUT2D eigenvalue weighted by atomic mass is 32.1. The Morgan fingerprint density at radius 2 is 2.25 bits per heavy atom. The van der Waals surface area contributed by atoms with Crippen LogP contribution in [0.1, 0.15) is 5.69 Å². The molecule has 0 radical (unpaired) electrons. The number of imidazole rings is 1. The predicted octanol–water partition coefficient (Wildman–Crippen LogP) is 2.50. The van der Waals surface area contributed by atoms with E-state index in [0.717, 1.165) is 12.2 Å². The summed E-state index contributed by atoms with van der Waals surface area (Å²) < 4.78 is 5.95. The van der Waals surface area contributed by atoms with Gasteiger partial charge in [-0.3, -0.25) is 9.97 Å². The number of hydrogen-bond donors (Lipinski definition) is 0. The van der Waals surface area contributed by atoms with E-state index in [9.17, 15) is 0 Å². The second kappa shape index (κ2) is 3.43. The molecule has 4 aromatic rings. The summed E-state index contributed by atoms with van der Waals surface area (Å²) in [5.41, 5.74) is 3.69. The molecule has 0 bridgehead atoms. The van der Waals surface area contributed by atoms with E-state index in [1.165, 1.54) is 31.8 Å². The molecular formula is C15H11N4S+. The molecule has 1 aliphatic heterocycles. The minimum absolute atomic E-state index is 0.864. The summed E-state index contributed by atoms with van der Waals surface area (Å²) in [6.07, 6.45) is 5.70. The minimum atomic E-state index is 0.864. The molecule has 1 aliphatic rings. The Bertz CT molecular complexity index is 996. The summed E-state index contributed by atoms with van der Waals surface area (Å²) in [5.74, 6) is 1.25. The van der Waals surface area contributed by atoms with Gasteiger partial charge in [-0.25, -0.2) is 9.13 Å². The molecule has 0 fully saturated rings. The molecule has 0 aliphatic carbocycles. The first-order valence-corrected chi connectivity index (χ1v) is 7.35. The first kappa shape index (κ1) is 10.5. The van der Waals surface area contributed by atoms with Crippen LogP contribution in [0.4, 0.5) is 0 Å². The van der Waals surface area contributed by atoms with Gasteiger partial charge in [0.1, 0.15) is 6.54 Å². The largest absolute Gasteiger partial charge is 0.292 e. The summed E-state index contributed by atoms with van der Waals surface area (Å²) in [6, 6.07) is 6.26. The number of hydrogen-bond acceptors (Lipinski definition) is 3. The number of thiophene rings is 1. The van der Waals surface area contributed by atoms with Crippen molar-refractivity contribution in [2.24, 2.45) is 7.05 Å². The van der Waals surface area contributed by atoms with E-state index in [1.807, 2.05) is 36.0 Å². The van der Waals surface area contributed by atoms with Crippen LogP contribution in [0.15, 0.2) is 36.8 Å². The monoisotopic (exact) mass is 279 g/mol. The van der Waals surface area contributed by atoms with Gasteiger partial charge in [-0.05, 0) is 18.2 Å². The van der Waals surface area contributed by atoms with E-state index in [0.29, 0.717) is 0 Å². The molecule has 96 valence electrons. The molecule has 0 N–H and O–H groups in total. The molecule has 0 aromatic carbocycles. The lowest BCUT2D eigenvalue weighted by Gasteiger charge is -1.94. The quantitative estimate of drug-likeness (QED) is 0.408. The van der Waals surface area contributed by atoms with Crippen molar-refractivity contribution in [3.8, 4) is 11.4 Å². The van der Waals surface area contributed by atoms with Crippen molar-refractivity contribution in [3.05, 3.63) is 42.5 Å². The van der Waals surface area contributed by atoms with E-state index in [2.05, 4.69) is 38.3 Å². The fourth-order valence-electron chi connectivity index (χ4n) is 3.20. The van der Waals surface area contributed by atoms with Gasteiger partial charge in [0.15, 0.2) is 5.52 Å². The van der Waals surface area contributed by atoms with Crippen molar-refractivity contribution >= 4 is 31.8 Å². The standard InChI is InChI=1S/C15H11N4S/c1-18-13-10-7-16-6-4-12(10)20-15(13)19-8-11-9(14(18)19)3-2-5-17-11/h2-7H,8H2,1H3/q+1. The van der Waals surface area contributed by atoms with Crippen LogP contribution in [-0.2, 0) is 13.6 Å². The molecule has 4 aromatic heterocycles. The molecule has 0 saturated heterocycles. The number of rotatable bonds is 0. The first-order valence-electron chi connectivity index (χ1n) is 6.53. The Labute approximate surface area is 119 Å². The van der Waals surface area contributed by atoms with Crippen molar-refractivity contribution in [1.29, 1.82) is 0 Å². The second-order valence-electron chi connectivity index (χ2n) is 5.09. The van der Waals surface area contributed by atoms with Crippen LogP contribution in [0.5, 0.6) is 0 Å². The third kappa shape index (κ3) is 1.10. The lowest BCUT2D eigenvalue weighted by atomic mass is 10.2. The Morgan fingerprint density at radius 3 is 3.20 bits per heavy atom. The molecular weight excluding hydrogens is 268 g/mol. The van der Waals surface area contributed by atoms with Crippen LogP contribution in [-0.4, -0.2) is 14.5 Å². The van der Waals surface area contributed by atoms with E-state index < -0.39 is 0 Å². The van der Waals surface area contributed by atoms with Crippen LogP contribution in [0.2, 0.25) is 0 Å². The second-order valence-corrected chi connectivity index (χ2v) is 6.12. The molecule has 0 atom stereocenters. The Kier molecular flexibility index (Phi) is 1.80. The molecule has 0 unspecified atom stereocenters. The van der Waals surface area contributed by atoms with Gasteiger partial charge >= 0.3 is 0 Å². The lowest BCUT2D eigenvalue weighted by molar-refractivity contribution is -0.644. The number of pyridine rings is 2. The van der Waals surface area contributed by atoms with Gasteiger partial charge in [-0.15, -0.1) is 0 Å². The highest BCUT2D eigenvalue weighted by molar-refractivity contribution is 7.25. The Morgan fingerprint density at radius 1 is 1.30 bits per heavy atom. The van der Waals surface area contributed by atoms with Crippen molar-refractivity contribution in [3.63, 3.8) is 0 Å². The maximum atomic E-state index is 4.51. The van der Waals surface area contributed by atoms with Crippen LogP contribution in [0.3, 0.4) is 0 Å². The van der Waals surface area contributed by atoms with E-state index in [-0.39, 0.29) is 0 Å². The number of aryl methyl sites for hydroxylation is 1. The predicted molar refractivity (Wildman–Crippen MR) is 78.6 cm³/mol. The summed E-state index contributed by atoms with van der Waals surface area (Å²) in [6.45, 7) is 0.864. The van der Waals surface area contributed by atoms with Gasteiger partial charge in [-0.1, -0.05) is 11.3 Å². The fourth-order valence-corrected chi connectivity index (χ4v) is 4.40. The summed E-state index contributed by atoms with van der Waals surface area (Å²) in [7, 11) is 2.13. The van der Waals surface area contributed by atoms with Gasteiger partial charge in [0, 0.05) is 23.3 Å². The topological polar surface area (TPSA) is 34.6 Å². The average molecular weight is 279 g/mol. The van der Waals surface area contributed by atoms with Gasteiger partial charge in [0.25, 0.3) is 5.82 Å². The van der Waals surface area contributed by atoms with Crippen molar-refractivity contribution in [2.45, 2.75) is 6.54 Å². The highest BCUT2D eigenvalue weighted by Gasteiger charge is 2.35. The van der Waals surface area contributed by atoms with Crippen molar-refractivity contribution in [2.75, 3.05) is 0 Å². The van der Waals surface area contributed by atoms with Crippen molar-refractivity contribution in [1.82, 2.24) is 14.5 Å². The molecule has 0 amide bonds. The average Bonchev–Trinajstić information content (AvgIpc) is 3.10. The molecule has 5 heteroatoms. The third-order valence-electron chi connectivity index (χ3n) is 4.04. The molecule has 0 spiro atoms. The summed E-state index contributed by atoms with van der Waals surface area (Å²) in [5, 5.41) is 1.24. The van der Waals surface area contributed by atoms with Crippen LogP contribution >= 0.6 is 11.3 Å². The van der Waals surface area contributed by atoms with Gasteiger partial charge in [0.05, 0.1) is 23.7 Å². The maximum absolute atomic E-state index is 4.51. The van der Waals surface area contributed by atoms with Gasteiger partial charge in [0.2, 0.25) is 4.83 Å². The Hall–Kier alpha value is -2.27. The van der Waals surface area contributed by atoms with Crippen LogP contribution < -0.4 is 4.57 Å². The zero-order chi connectivity index (χ0) is 13.3. The first-order chi connectivity index (χ1) is 9.84. The Balaban J connectivity index is 1.98. The number of fused-ring (bicyclic) bond motifs is 7. The van der Waals surface area contributed by atoms with Crippen LogP contribution in [0, 0.1) is 0 Å². The van der Waals surface area contributed by atoms with Gasteiger partial charge in [-0.2, -0.15) is 0 Å². The number of nitrogens with zero attached hydrogens (tertiary/aromatic N) is 4. The summed E-state index contributed by atoms with van der Waals surface area (Å²) in [4.78, 5) is 10.1. The van der Waals surface area contributed by atoms with Gasteiger partial charge < -0.3 is 0 Å². The summed E-state index contributed by atoms with van der Waals surface area (Å²) >= 11 is 1.83. The third-order valence-corrected chi connectivity index (χ3v) is 5.22. The maximum Gasteiger partial charge on any atom is 0.292 e. The van der Waals surface area contributed by atoms with E-state index >= 15 is 0 Å². The van der Waals surface area contributed by atoms with Crippen molar-refractivity contribution < 1.29 is 4.57 Å². The zero-order valence-corrected chi connectivity index (χ0v) is 11.7. The molecule has 0 saturated carbocycles. The smallest absolute Gasteiger partial charge is 0.264 e. The molecule has 5 heterocycles. The normalized spacial score (nSPS) is 13.1. The lowest BCUT2D eigenvalue weighted by Crippen LogP contribution is -2.30.